The van der Waals surface area contributed by atoms with Gasteiger partial charge >= 0.3 is 0 Å². The average molecular weight is 406 g/mol. The molecule has 0 aromatic heterocycles. The van der Waals surface area contributed by atoms with Crippen LogP contribution in [0, 0.1) is 5.82 Å². The SMILES string of the molecule is CNC(=O)c1cccc(NC(=O)COc2ccc(C(=O)c3ccc(F)cc3)cc2)c1. The molecule has 0 atom stereocenters. The van der Waals surface area contributed by atoms with E-state index in [1.807, 2.05) is 0 Å². The van der Waals surface area contributed by atoms with Crippen LogP contribution in [0.3, 0.4) is 0 Å². The van der Waals surface area contributed by atoms with Crippen molar-refractivity contribution >= 4 is 23.3 Å². The van der Waals surface area contributed by atoms with E-state index in [9.17, 15) is 18.8 Å². The van der Waals surface area contributed by atoms with Gasteiger partial charge < -0.3 is 15.4 Å². The Morgan fingerprint density at radius 3 is 2.13 bits per heavy atom. The average Bonchev–Trinajstić information content (AvgIpc) is 2.77. The summed E-state index contributed by atoms with van der Waals surface area (Å²) in [7, 11) is 1.53. The van der Waals surface area contributed by atoms with Crippen molar-refractivity contribution < 1.29 is 23.5 Å². The summed E-state index contributed by atoms with van der Waals surface area (Å²) in [6.07, 6.45) is 0. The van der Waals surface area contributed by atoms with Gasteiger partial charge in [-0.1, -0.05) is 6.07 Å². The Morgan fingerprint density at radius 2 is 1.50 bits per heavy atom. The maximum absolute atomic E-state index is 13.0. The highest BCUT2D eigenvalue weighted by molar-refractivity contribution is 6.09. The van der Waals surface area contributed by atoms with Crippen molar-refractivity contribution in [1.82, 2.24) is 5.32 Å². The first kappa shape index (κ1) is 20.7. The van der Waals surface area contributed by atoms with Gasteiger partial charge in [0.2, 0.25) is 0 Å². The second-order valence-corrected chi connectivity index (χ2v) is 6.36. The second kappa shape index (κ2) is 9.47. The molecule has 3 aromatic rings. The van der Waals surface area contributed by atoms with Gasteiger partial charge in [-0.3, -0.25) is 14.4 Å². The van der Waals surface area contributed by atoms with E-state index in [0.717, 1.165) is 0 Å². The Bertz CT molecular complexity index is 1060. The molecule has 0 saturated heterocycles. The number of anilines is 1. The largest absolute Gasteiger partial charge is 0.484 e. The molecule has 0 aliphatic heterocycles. The molecule has 0 bridgehead atoms. The molecule has 0 fully saturated rings. The van der Waals surface area contributed by atoms with E-state index in [1.165, 1.54) is 31.3 Å². The number of ketones is 1. The van der Waals surface area contributed by atoms with Gasteiger partial charge in [0.15, 0.2) is 12.4 Å². The van der Waals surface area contributed by atoms with Crippen LogP contribution in [0.25, 0.3) is 0 Å². The maximum Gasteiger partial charge on any atom is 0.262 e. The zero-order valence-electron chi connectivity index (χ0n) is 16.1. The molecule has 7 heteroatoms. The molecular formula is C23H19FN2O4. The van der Waals surface area contributed by atoms with Crippen LogP contribution < -0.4 is 15.4 Å². The van der Waals surface area contributed by atoms with E-state index in [0.29, 0.717) is 28.1 Å². The molecule has 0 unspecified atom stereocenters. The first-order valence-electron chi connectivity index (χ1n) is 9.11. The van der Waals surface area contributed by atoms with Crippen molar-refractivity contribution in [1.29, 1.82) is 0 Å². The van der Waals surface area contributed by atoms with E-state index in [1.54, 1.807) is 48.5 Å². The van der Waals surface area contributed by atoms with Crippen molar-refractivity contribution in [2.45, 2.75) is 0 Å². The summed E-state index contributed by atoms with van der Waals surface area (Å²) < 4.78 is 18.4. The second-order valence-electron chi connectivity index (χ2n) is 6.36. The summed E-state index contributed by atoms with van der Waals surface area (Å²) >= 11 is 0. The number of carbonyl (C=O) groups excluding carboxylic acids is 3. The van der Waals surface area contributed by atoms with Gasteiger partial charge in [0, 0.05) is 29.4 Å². The standard InChI is InChI=1S/C23H19FN2O4/c1-25-23(29)17-3-2-4-19(13-17)26-21(27)14-30-20-11-7-16(8-12-20)22(28)15-5-9-18(24)10-6-15/h2-13H,14H2,1H3,(H,25,29)(H,26,27). The van der Waals surface area contributed by atoms with Crippen molar-refractivity contribution in [3.63, 3.8) is 0 Å². The summed E-state index contributed by atoms with van der Waals surface area (Å²) in [4.78, 5) is 36.1. The highest BCUT2D eigenvalue weighted by Crippen LogP contribution is 2.16. The minimum Gasteiger partial charge on any atom is -0.484 e. The number of halogens is 1. The zero-order valence-corrected chi connectivity index (χ0v) is 16.1. The van der Waals surface area contributed by atoms with Crippen molar-refractivity contribution in [3.05, 3.63) is 95.3 Å². The monoisotopic (exact) mass is 406 g/mol. The van der Waals surface area contributed by atoms with E-state index in [2.05, 4.69) is 10.6 Å². The fraction of sp³-hybridized carbons (Fsp3) is 0.0870. The summed E-state index contributed by atoms with van der Waals surface area (Å²) in [5.41, 5.74) is 1.70. The van der Waals surface area contributed by atoms with Crippen LogP contribution in [0.5, 0.6) is 5.75 Å². The van der Waals surface area contributed by atoms with Crippen LogP contribution in [0.2, 0.25) is 0 Å². The molecule has 3 rings (SSSR count). The van der Waals surface area contributed by atoms with E-state index >= 15 is 0 Å². The number of hydrogen-bond acceptors (Lipinski definition) is 4. The van der Waals surface area contributed by atoms with Crippen LogP contribution >= 0.6 is 0 Å². The lowest BCUT2D eigenvalue weighted by molar-refractivity contribution is -0.118. The molecule has 0 saturated carbocycles. The zero-order chi connectivity index (χ0) is 21.5. The van der Waals surface area contributed by atoms with Crippen LogP contribution in [0.15, 0.2) is 72.8 Å². The Balaban J connectivity index is 1.56. The highest BCUT2D eigenvalue weighted by atomic mass is 19.1. The Hall–Kier alpha value is -4.00. The summed E-state index contributed by atoms with van der Waals surface area (Å²) in [6, 6.07) is 18.1. The lowest BCUT2D eigenvalue weighted by atomic mass is 10.0. The molecule has 3 aromatic carbocycles. The third-order valence-corrected chi connectivity index (χ3v) is 4.23. The molecule has 0 spiro atoms. The van der Waals surface area contributed by atoms with E-state index in [4.69, 9.17) is 4.74 Å². The van der Waals surface area contributed by atoms with Crippen LogP contribution in [-0.2, 0) is 4.79 Å². The topological polar surface area (TPSA) is 84.5 Å². The molecule has 2 N–H and O–H groups in total. The first-order valence-corrected chi connectivity index (χ1v) is 9.11. The lowest BCUT2D eigenvalue weighted by Crippen LogP contribution is -2.21. The quantitative estimate of drug-likeness (QED) is 0.589. The molecule has 0 aliphatic carbocycles. The predicted molar refractivity (Wildman–Crippen MR) is 110 cm³/mol. The molecule has 6 nitrogen and oxygen atoms in total. The van der Waals surface area contributed by atoms with Crippen LogP contribution in [0.1, 0.15) is 26.3 Å². The summed E-state index contributed by atoms with van der Waals surface area (Å²) in [5.74, 6) is -0.878. The maximum atomic E-state index is 13.0. The van der Waals surface area contributed by atoms with E-state index < -0.39 is 11.7 Å². The van der Waals surface area contributed by atoms with Crippen LogP contribution in [0.4, 0.5) is 10.1 Å². The van der Waals surface area contributed by atoms with Gasteiger partial charge in [-0.15, -0.1) is 0 Å². The third kappa shape index (κ3) is 5.29. The van der Waals surface area contributed by atoms with Crippen LogP contribution in [-0.4, -0.2) is 31.3 Å². The van der Waals surface area contributed by atoms with Gasteiger partial charge in [-0.25, -0.2) is 4.39 Å². The number of ether oxygens (including phenoxy) is 1. The number of benzene rings is 3. The molecule has 152 valence electrons. The molecular weight excluding hydrogens is 387 g/mol. The normalized spacial score (nSPS) is 10.2. The Kier molecular flexibility index (Phi) is 6.54. The summed E-state index contributed by atoms with van der Waals surface area (Å²) in [5, 5.41) is 5.18. The first-order chi connectivity index (χ1) is 14.5. The van der Waals surface area contributed by atoms with Gasteiger partial charge in [-0.05, 0) is 66.7 Å². The molecule has 0 radical (unpaired) electrons. The third-order valence-electron chi connectivity index (χ3n) is 4.23. The van der Waals surface area contributed by atoms with Gasteiger partial charge in [-0.2, -0.15) is 0 Å². The number of carbonyl (C=O) groups is 3. The van der Waals surface area contributed by atoms with Gasteiger partial charge in [0.1, 0.15) is 11.6 Å². The molecule has 30 heavy (non-hydrogen) atoms. The fourth-order valence-corrected chi connectivity index (χ4v) is 2.70. The molecule has 0 aliphatic rings. The van der Waals surface area contributed by atoms with Crippen molar-refractivity contribution in [2.24, 2.45) is 0 Å². The number of hydrogen-bond donors (Lipinski definition) is 2. The van der Waals surface area contributed by atoms with Crippen molar-refractivity contribution in [2.75, 3.05) is 19.0 Å². The number of rotatable bonds is 7. The smallest absolute Gasteiger partial charge is 0.262 e. The predicted octanol–water partition coefficient (Wildman–Crippen LogP) is 3.43. The Labute approximate surface area is 172 Å². The molecule has 2 amide bonds. The van der Waals surface area contributed by atoms with Gasteiger partial charge in [0.05, 0.1) is 0 Å². The lowest BCUT2D eigenvalue weighted by Gasteiger charge is -2.09. The van der Waals surface area contributed by atoms with E-state index in [-0.39, 0.29) is 18.3 Å². The highest BCUT2D eigenvalue weighted by Gasteiger charge is 2.10. The summed E-state index contributed by atoms with van der Waals surface area (Å²) in [6.45, 7) is -0.241. The Morgan fingerprint density at radius 1 is 0.867 bits per heavy atom. The van der Waals surface area contributed by atoms with Crippen molar-refractivity contribution in [3.8, 4) is 5.75 Å². The number of nitrogens with one attached hydrogen (secondary N) is 2. The number of amides is 2. The minimum absolute atomic E-state index is 0.240. The van der Waals surface area contributed by atoms with Gasteiger partial charge in [0.25, 0.3) is 11.8 Å². The molecule has 0 heterocycles. The minimum atomic E-state index is -0.408. The fourth-order valence-electron chi connectivity index (χ4n) is 2.70.